The molecule has 0 aliphatic rings. The Bertz CT molecular complexity index is 469. The highest BCUT2D eigenvalue weighted by Gasteiger charge is 2.28. The SMILES string of the molecule is CC(N[S@+]([O-])C(C)(C)C)c1ccc(OCC(F)F)cc1Cl. The van der Waals surface area contributed by atoms with E-state index >= 15 is 0 Å². The molecular formula is C14H20ClF2NO2S. The topological polar surface area (TPSA) is 44.3 Å². The maximum Gasteiger partial charge on any atom is 0.272 e. The molecule has 21 heavy (non-hydrogen) atoms. The molecule has 0 aliphatic heterocycles. The minimum atomic E-state index is -2.53. The third kappa shape index (κ3) is 5.98. The number of halogens is 3. The van der Waals surface area contributed by atoms with Crippen LogP contribution in [0.25, 0.3) is 0 Å². The maximum atomic E-state index is 12.1. The van der Waals surface area contributed by atoms with Gasteiger partial charge in [0.2, 0.25) is 0 Å². The summed E-state index contributed by atoms with van der Waals surface area (Å²) in [5.41, 5.74) is 0.735. The fourth-order valence-electron chi connectivity index (χ4n) is 1.51. The molecule has 0 radical (unpaired) electrons. The lowest BCUT2D eigenvalue weighted by atomic mass is 10.1. The maximum absolute atomic E-state index is 12.1. The number of rotatable bonds is 6. The second-order valence-electron chi connectivity index (χ2n) is 5.61. The lowest BCUT2D eigenvalue weighted by Gasteiger charge is -2.27. The Labute approximate surface area is 132 Å². The van der Waals surface area contributed by atoms with Crippen molar-refractivity contribution in [2.24, 2.45) is 0 Å². The second kappa shape index (κ2) is 7.63. The van der Waals surface area contributed by atoms with Gasteiger partial charge in [-0.3, -0.25) is 0 Å². The number of ether oxygens (including phenoxy) is 1. The highest BCUT2D eigenvalue weighted by Crippen LogP contribution is 2.29. The van der Waals surface area contributed by atoms with E-state index in [1.165, 1.54) is 6.07 Å². The first-order valence-electron chi connectivity index (χ1n) is 6.49. The van der Waals surface area contributed by atoms with Crippen LogP contribution in [0.2, 0.25) is 5.02 Å². The summed E-state index contributed by atoms with van der Waals surface area (Å²) in [5, 5.41) is 0.382. The minimum Gasteiger partial charge on any atom is -0.598 e. The highest BCUT2D eigenvalue weighted by atomic mass is 35.5. The second-order valence-corrected chi connectivity index (χ2v) is 8.01. The van der Waals surface area contributed by atoms with Gasteiger partial charge in [0.15, 0.2) is 0 Å². The van der Waals surface area contributed by atoms with E-state index in [0.29, 0.717) is 5.02 Å². The number of benzene rings is 1. The Kier molecular flexibility index (Phi) is 6.71. The van der Waals surface area contributed by atoms with Crippen molar-refractivity contribution >= 4 is 23.0 Å². The molecule has 1 unspecified atom stereocenters. The summed E-state index contributed by atoms with van der Waals surface area (Å²) in [6.45, 7) is 6.77. The Balaban J connectivity index is 2.75. The van der Waals surface area contributed by atoms with E-state index in [9.17, 15) is 13.3 Å². The van der Waals surface area contributed by atoms with Crippen molar-refractivity contribution < 1.29 is 18.1 Å². The van der Waals surface area contributed by atoms with Gasteiger partial charge in [-0.1, -0.05) is 17.7 Å². The normalized spacial score (nSPS) is 15.1. The molecule has 0 aromatic heterocycles. The molecule has 0 aliphatic carbocycles. The average Bonchev–Trinajstić information content (AvgIpc) is 2.34. The summed E-state index contributed by atoms with van der Waals surface area (Å²) in [7, 11) is 0. The number of hydrogen-bond donors (Lipinski definition) is 1. The predicted octanol–water partition coefficient (Wildman–Crippen LogP) is 4.10. The van der Waals surface area contributed by atoms with Crippen LogP contribution >= 0.6 is 11.6 Å². The van der Waals surface area contributed by atoms with E-state index in [0.717, 1.165) is 5.56 Å². The summed E-state index contributed by atoms with van der Waals surface area (Å²) in [6, 6.07) is 4.50. The van der Waals surface area contributed by atoms with Crippen LogP contribution in [0.3, 0.4) is 0 Å². The van der Waals surface area contributed by atoms with Crippen LogP contribution < -0.4 is 9.46 Å². The minimum absolute atomic E-state index is 0.235. The zero-order valence-corrected chi connectivity index (χ0v) is 14.0. The standard InChI is InChI=1S/C14H20ClF2NO2S/c1-9(18-21(19)14(2,3)4)11-6-5-10(7-12(11)15)20-8-13(16)17/h5-7,9,13,18H,8H2,1-4H3/t9?,21-/m1/s1. The van der Waals surface area contributed by atoms with Crippen LogP contribution in [-0.4, -0.2) is 22.3 Å². The summed E-state index contributed by atoms with van der Waals surface area (Å²) >= 11 is 4.90. The summed E-state index contributed by atoms with van der Waals surface area (Å²) in [5.74, 6) is 0.285. The quantitative estimate of drug-likeness (QED) is 0.794. The van der Waals surface area contributed by atoms with Crippen molar-refractivity contribution in [2.75, 3.05) is 6.61 Å². The van der Waals surface area contributed by atoms with Gasteiger partial charge in [-0.25, -0.2) is 8.78 Å². The van der Waals surface area contributed by atoms with E-state index in [1.54, 1.807) is 12.1 Å². The van der Waals surface area contributed by atoms with Crippen LogP contribution in [-0.2, 0) is 11.4 Å². The van der Waals surface area contributed by atoms with Gasteiger partial charge in [-0.2, -0.15) is 0 Å². The lowest BCUT2D eigenvalue weighted by molar-refractivity contribution is 0.0819. The molecule has 2 atom stereocenters. The summed E-state index contributed by atoms with van der Waals surface area (Å²) in [4.78, 5) is 0. The van der Waals surface area contributed by atoms with Gasteiger partial charge in [0.05, 0.1) is 6.04 Å². The zero-order chi connectivity index (χ0) is 16.2. The first-order chi connectivity index (χ1) is 9.61. The largest absolute Gasteiger partial charge is 0.598 e. The molecule has 0 heterocycles. The lowest BCUT2D eigenvalue weighted by Crippen LogP contribution is -2.40. The molecule has 1 aromatic carbocycles. The van der Waals surface area contributed by atoms with Crippen molar-refractivity contribution in [3.63, 3.8) is 0 Å². The summed E-state index contributed by atoms with van der Waals surface area (Å²) in [6.07, 6.45) is -2.53. The van der Waals surface area contributed by atoms with E-state index in [-0.39, 0.29) is 16.5 Å². The van der Waals surface area contributed by atoms with Crippen molar-refractivity contribution in [3.05, 3.63) is 28.8 Å². The first-order valence-corrected chi connectivity index (χ1v) is 8.02. The van der Waals surface area contributed by atoms with Crippen LogP contribution in [0.1, 0.15) is 39.3 Å². The van der Waals surface area contributed by atoms with E-state index in [1.807, 2.05) is 27.7 Å². The Morgan fingerprint density at radius 2 is 2.00 bits per heavy atom. The van der Waals surface area contributed by atoms with E-state index < -0.39 is 24.4 Å². The first kappa shape index (κ1) is 18.5. The number of nitrogens with one attached hydrogen (secondary N) is 1. The molecule has 1 rings (SSSR count). The molecule has 0 bridgehead atoms. The van der Waals surface area contributed by atoms with Gasteiger partial charge in [-0.05, 0) is 45.4 Å². The molecule has 1 N–H and O–H groups in total. The van der Waals surface area contributed by atoms with Crippen molar-refractivity contribution in [2.45, 2.75) is 44.9 Å². The molecule has 0 saturated carbocycles. The third-order valence-corrected chi connectivity index (χ3v) is 4.66. The Morgan fingerprint density at radius 3 is 2.48 bits per heavy atom. The van der Waals surface area contributed by atoms with E-state index in [4.69, 9.17) is 16.3 Å². The molecule has 0 saturated heterocycles. The molecule has 3 nitrogen and oxygen atoms in total. The monoisotopic (exact) mass is 339 g/mol. The van der Waals surface area contributed by atoms with Crippen LogP contribution in [0.4, 0.5) is 8.78 Å². The van der Waals surface area contributed by atoms with E-state index in [2.05, 4.69) is 4.72 Å². The smallest absolute Gasteiger partial charge is 0.272 e. The highest BCUT2D eigenvalue weighted by molar-refractivity contribution is 7.90. The van der Waals surface area contributed by atoms with Crippen molar-refractivity contribution in [1.29, 1.82) is 0 Å². The third-order valence-electron chi connectivity index (χ3n) is 2.65. The van der Waals surface area contributed by atoms with Gasteiger partial charge < -0.3 is 9.29 Å². The number of alkyl halides is 2. The Hall–Kier alpha value is -0.560. The van der Waals surface area contributed by atoms with Gasteiger partial charge in [0.25, 0.3) is 6.43 Å². The molecule has 0 fully saturated rings. The van der Waals surface area contributed by atoms with Crippen LogP contribution in [0.5, 0.6) is 5.75 Å². The van der Waals surface area contributed by atoms with Crippen molar-refractivity contribution in [3.8, 4) is 5.75 Å². The molecule has 0 amide bonds. The van der Waals surface area contributed by atoms with Gasteiger partial charge in [0, 0.05) is 16.4 Å². The van der Waals surface area contributed by atoms with Crippen LogP contribution in [0.15, 0.2) is 18.2 Å². The van der Waals surface area contributed by atoms with Gasteiger partial charge in [0.1, 0.15) is 17.1 Å². The molecule has 7 heteroatoms. The summed E-state index contributed by atoms with van der Waals surface area (Å²) < 4.78 is 43.7. The molecular weight excluding hydrogens is 320 g/mol. The van der Waals surface area contributed by atoms with Gasteiger partial charge in [-0.15, -0.1) is 4.72 Å². The fourth-order valence-corrected chi connectivity index (χ4v) is 2.64. The molecule has 1 aromatic rings. The fraction of sp³-hybridized carbons (Fsp3) is 0.571. The number of hydrogen-bond acceptors (Lipinski definition) is 3. The van der Waals surface area contributed by atoms with Crippen LogP contribution in [0, 0.1) is 0 Å². The van der Waals surface area contributed by atoms with Crippen molar-refractivity contribution in [1.82, 2.24) is 4.72 Å². The van der Waals surface area contributed by atoms with Gasteiger partial charge >= 0.3 is 0 Å². The zero-order valence-electron chi connectivity index (χ0n) is 12.5. The molecule has 0 spiro atoms. The Morgan fingerprint density at radius 1 is 1.38 bits per heavy atom. The predicted molar refractivity (Wildman–Crippen MR) is 82.4 cm³/mol. The molecule has 120 valence electrons. The average molecular weight is 340 g/mol.